The molecule has 2 saturated heterocycles. The maximum absolute atomic E-state index is 13.0. The normalized spacial score (nSPS) is 17.9. The highest BCUT2D eigenvalue weighted by atomic mass is 32.1. The molecule has 2 aliphatic heterocycles. The molecule has 5 rings (SSSR count). The monoisotopic (exact) mass is 478 g/mol. The number of anilines is 2. The zero-order chi connectivity index (χ0) is 23.2. The van der Waals surface area contributed by atoms with Gasteiger partial charge in [-0.15, -0.1) is 11.3 Å². The summed E-state index contributed by atoms with van der Waals surface area (Å²) in [6, 6.07) is 11.8. The van der Waals surface area contributed by atoms with E-state index >= 15 is 0 Å². The molecule has 0 aliphatic carbocycles. The number of benzene rings is 1. The molecule has 1 aromatic carbocycles. The Balaban J connectivity index is 1.15. The topological polar surface area (TPSA) is 70.8 Å². The van der Waals surface area contributed by atoms with Crippen LogP contribution in [0.15, 0.2) is 58.5 Å². The number of rotatable bonds is 7. The van der Waals surface area contributed by atoms with Crippen LogP contribution in [0, 0.1) is 0 Å². The lowest BCUT2D eigenvalue weighted by molar-refractivity contribution is 0.102. The summed E-state index contributed by atoms with van der Waals surface area (Å²) in [4.78, 5) is 22.4. The number of para-hydroxylation sites is 2. The van der Waals surface area contributed by atoms with E-state index in [4.69, 9.17) is 14.1 Å². The number of carbonyl (C=O) groups is 1. The van der Waals surface area contributed by atoms with Gasteiger partial charge >= 0.3 is 0 Å². The number of nitrogens with one attached hydrogen (secondary N) is 1. The van der Waals surface area contributed by atoms with Gasteiger partial charge in [-0.3, -0.25) is 9.69 Å². The third-order valence-corrected chi connectivity index (χ3v) is 7.39. The smallest absolute Gasteiger partial charge is 0.275 e. The minimum absolute atomic E-state index is 0.149. The van der Waals surface area contributed by atoms with Crippen molar-refractivity contribution in [2.75, 3.05) is 56.2 Å². The molecule has 2 aliphatic rings. The molecule has 8 heteroatoms. The predicted octanol–water partition coefficient (Wildman–Crippen LogP) is 4.72. The Bertz CT molecular complexity index is 1100. The van der Waals surface area contributed by atoms with Crippen molar-refractivity contribution in [3.05, 3.63) is 70.6 Å². The zero-order valence-electron chi connectivity index (χ0n) is 19.2. The first kappa shape index (κ1) is 22.8. The molecule has 3 aromatic rings. The molecular formula is C26H30N4O3S. The minimum Gasteiger partial charge on any atom is -0.465 e. The summed E-state index contributed by atoms with van der Waals surface area (Å²) in [6.45, 7) is 6.04. The number of carbonyl (C=O) groups excluding carboxylic acids is 1. The molecule has 7 nitrogen and oxygen atoms in total. The molecule has 0 atom stereocenters. The van der Waals surface area contributed by atoms with E-state index in [-0.39, 0.29) is 5.91 Å². The van der Waals surface area contributed by atoms with Gasteiger partial charge in [-0.05, 0) is 56.3 Å². The summed E-state index contributed by atoms with van der Waals surface area (Å²) in [5, 5.41) is 6.04. The summed E-state index contributed by atoms with van der Waals surface area (Å²) in [5.74, 6) is 1.15. The average molecular weight is 479 g/mol. The van der Waals surface area contributed by atoms with E-state index in [1.807, 2.05) is 47.9 Å². The minimum atomic E-state index is -0.149. The van der Waals surface area contributed by atoms with Crippen LogP contribution in [-0.2, 0) is 4.74 Å². The number of hydrogen-bond acceptors (Lipinski definition) is 7. The molecule has 1 amide bonds. The fourth-order valence-electron chi connectivity index (χ4n) is 4.49. The van der Waals surface area contributed by atoms with Gasteiger partial charge in [0.1, 0.15) is 11.5 Å². The number of likely N-dealkylation sites (tertiary alicyclic amines) is 1. The first-order valence-corrected chi connectivity index (χ1v) is 12.7. The first-order chi connectivity index (χ1) is 16.8. The van der Waals surface area contributed by atoms with Crippen molar-refractivity contribution in [2.45, 2.75) is 18.8 Å². The van der Waals surface area contributed by atoms with Gasteiger partial charge < -0.3 is 19.4 Å². The second-order valence-corrected chi connectivity index (χ2v) is 9.52. The summed E-state index contributed by atoms with van der Waals surface area (Å²) in [6.07, 6.45) is 7.98. The number of amides is 1. The third kappa shape index (κ3) is 5.58. The quantitative estimate of drug-likeness (QED) is 0.530. The van der Waals surface area contributed by atoms with E-state index in [9.17, 15) is 4.79 Å². The number of ether oxygens (including phenoxy) is 1. The maximum Gasteiger partial charge on any atom is 0.275 e. The fraction of sp³-hybridized carbons (Fsp3) is 0.385. The highest BCUT2D eigenvalue weighted by molar-refractivity contribution is 7.10. The van der Waals surface area contributed by atoms with Crippen LogP contribution in [0.3, 0.4) is 0 Å². The molecule has 0 saturated carbocycles. The largest absolute Gasteiger partial charge is 0.465 e. The Morgan fingerprint density at radius 1 is 1.12 bits per heavy atom. The van der Waals surface area contributed by atoms with E-state index in [0.29, 0.717) is 24.8 Å². The molecule has 1 N–H and O–H groups in total. The van der Waals surface area contributed by atoms with Crippen molar-refractivity contribution in [2.24, 2.45) is 0 Å². The van der Waals surface area contributed by atoms with Crippen LogP contribution in [0.5, 0.6) is 0 Å². The third-order valence-electron chi connectivity index (χ3n) is 6.38. The van der Waals surface area contributed by atoms with Gasteiger partial charge in [-0.1, -0.05) is 18.2 Å². The highest BCUT2D eigenvalue weighted by Gasteiger charge is 2.24. The molecule has 0 radical (unpaired) electrons. The second kappa shape index (κ2) is 11.0. The van der Waals surface area contributed by atoms with Crippen molar-refractivity contribution >= 4 is 34.7 Å². The van der Waals surface area contributed by atoms with Crippen LogP contribution in [0.4, 0.5) is 11.4 Å². The SMILES string of the molecule is O=C(Nc1ccccc1N1CCOCC1)c1csc(C2CCN(C/C=C\c3ccco3)CC2)n1. The highest BCUT2D eigenvalue weighted by Crippen LogP contribution is 2.31. The molecule has 178 valence electrons. The van der Waals surface area contributed by atoms with E-state index in [2.05, 4.69) is 21.2 Å². The average Bonchev–Trinajstić information content (AvgIpc) is 3.58. The van der Waals surface area contributed by atoms with Gasteiger partial charge in [0.05, 0.1) is 35.9 Å². The lowest BCUT2D eigenvalue weighted by atomic mass is 9.97. The van der Waals surface area contributed by atoms with Crippen LogP contribution < -0.4 is 10.2 Å². The van der Waals surface area contributed by atoms with E-state index in [1.165, 1.54) is 0 Å². The summed E-state index contributed by atoms with van der Waals surface area (Å²) in [7, 11) is 0. The summed E-state index contributed by atoms with van der Waals surface area (Å²) >= 11 is 1.60. The van der Waals surface area contributed by atoms with Crippen molar-refractivity contribution in [3.8, 4) is 0 Å². The van der Waals surface area contributed by atoms with Gasteiger partial charge in [-0.25, -0.2) is 4.98 Å². The van der Waals surface area contributed by atoms with Crippen LogP contribution in [-0.4, -0.2) is 61.7 Å². The summed E-state index contributed by atoms with van der Waals surface area (Å²) in [5.41, 5.74) is 2.35. The van der Waals surface area contributed by atoms with E-state index in [0.717, 1.165) is 67.7 Å². The molecule has 34 heavy (non-hydrogen) atoms. The first-order valence-electron chi connectivity index (χ1n) is 11.9. The Morgan fingerprint density at radius 2 is 1.94 bits per heavy atom. The van der Waals surface area contributed by atoms with Crippen LogP contribution in [0.25, 0.3) is 6.08 Å². The Kier molecular flexibility index (Phi) is 7.38. The number of piperidine rings is 1. The molecule has 0 bridgehead atoms. The zero-order valence-corrected chi connectivity index (χ0v) is 20.0. The predicted molar refractivity (Wildman–Crippen MR) is 136 cm³/mol. The number of furan rings is 1. The van der Waals surface area contributed by atoms with Crippen LogP contribution in [0.1, 0.15) is 40.0 Å². The number of thiazole rings is 1. The molecule has 4 heterocycles. The maximum atomic E-state index is 13.0. The van der Waals surface area contributed by atoms with Gasteiger partial charge in [0.25, 0.3) is 5.91 Å². The molecule has 0 unspecified atom stereocenters. The summed E-state index contributed by atoms with van der Waals surface area (Å²) < 4.78 is 10.8. The van der Waals surface area contributed by atoms with Crippen molar-refractivity contribution in [3.63, 3.8) is 0 Å². The number of hydrogen-bond donors (Lipinski definition) is 1. The molecular weight excluding hydrogens is 448 g/mol. The second-order valence-electron chi connectivity index (χ2n) is 8.63. The Hall–Kier alpha value is -2.94. The lowest BCUT2D eigenvalue weighted by Gasteiger charge is -2.30. The lowest BCUT2D eigenvalue weighted by Crippen LogP contribution is -2.36. The number of aromatic nitrogens is 1. The van der Waals surface area contributed by atoms with Crippen molar-refractivity contribution < 1.29 is 13.9 Å². The Labute approximate surface area is 204 Å². The van der Waals surface area contributed by atoms with Crippen LogP contribution >= 0.6 is 11.3 Å². The molecule has 0 spiro atoms. The fourth-order valence-corrected chi connectivity index (χ4v) is 5.46. The Morgan fingerprint density at radius 3 is 2.74 bits per heavy atom. The van der Waals surface area contributed by atoms with Crippen LogP contribution in [0.2, 0.25) is 0 Å². The van der Waals surface area contributed by atoms with Gasteiger partial charge in [-0.2, -0.15) is 0 Å². The van der Waals surface area contributed by atoms with E-state index in [1.54, 1.807) is 17.6 Å². The molecule has 2 fully saturated rings. The number of nitrogens with zero attached hydrogens (tertiary/aromatic N) is 3. The standard InChI is InChI=1S/C26H30N4O3S/c31-25(27-22-7-1-2-8-24(22)30-14-17-32-18-15-30)23-19-34-26(28-23)20-9-12-29(13-10-20)11-3-5-21-6-4-16-33-21/h1-8,16,19-20H,9-15,17-18H2,(H,27,31)/b5-3-. The number of morpholine rings is 1. The molecule has 2 aromatic heterocycles. The van der Waals surface area contributed by atoms with Gasteiger partial charge in [0, 0.05) is 30.9 Å². The van der Waals surface area contributed by atoms with Crippen molar-refractivity contribution in [1.82, 2.24) is 9.88 Å². The van der Waals surface area contributed by atoms with Gasteiger partial charge in [0.15, 0.2) is 0 Å². The van der Waals surface area contributed by atoms with Gasteiger partial charge in [0.2, 0.25) is 0 Å². The van der Waals surface area contributed by atoms with Crippen molar-refractivity contribution in [1.29, 1.82) is 0 Å². The van der Waals surface area contributed by atoms with E-state index < -0.39 is 0 Å².